The summed E-state index contributed by atoms with van der Waals surface area (Å²) in [7, 11) is 1.63. The number of thiazole rings is 1. The van der Waals surface area contributed by atoms with Crippen LogP contribution in [0.2, 0.25) is 0 Å². The van der Waals surface area contributed by atoms with Gasteiger partial charge in [0.25, 0.3) is 0 Å². The lowest BCUT2D eigenvalue weighted by Crippen LogP contribution is -2.19. The monoisotopic (exact) mass is 365 g/mol. The van der Waals surface area contributed by atoms with E-state index in [0.29, 0.717) is 17.1 Å². The minimum absolute atomic E-state index is 0.362. The SMILES string of the molecule is COc1ccc(NC(=O)Nc2cn[nH]c2-c2nccs2)c2ccccc12. The van der Waals surface area contributed by atoms with Gasteiger partial charge in [-0.2, -0.15) is 5.10 Å². The molecule has 0 spiro atoms. The highest BCUT2D eigenvalue weighted by Crippen LogP contribution is 2.32. The van der Waals surface area contributed by atoms with Crippen LogP contribution in [0.3, 0.4) is 0 Å². The lowest BCUT2D eigenvalue weighted by atomic mass is 10.1. The molecule has 7 nitrogen and oxygen atoms in total. The Balaban J connectivity index is 1.59. The van der Waals surface area contributed by atoms with Gasteiger partial charge in [-0.1, -0.05) is 24.3 Å². The van der Waals surface area contributed by atoms with Gasteiger partial charge in [0.15, 0.2) is 0 Å². The summed E-state index contributed by atoms with van der Waals surface area (Å²) in [6, 6.07) is 11.0. The van der Waals surface area contributed by atoms with Gasteiger partial charge >= 0.3 is 6.03 Å². The van der Waals surface area contributed by atoms with Gasteiger partial charge in [0.1, 0.15) is 16.5 Å². The van der Waals surface area contributed by atoms with Crippen LogP contribution in [0.4, 0.5) is 16.2 Å². The molecule has 2 aromatic carbocycles. The Kier molecular flexibility index (Phi) is 4.24. The van der Waals surface area contributed by atoms with Gasteiger partial charge in [-0.05, 0) is 12.1 Å². The zero-order chi connectivity index (χ0) is 17.9. The summed E-state index contributed by atoms with van der Waals surface area (Å²) in [4.78, 5) is 16.7. The Labute approximate surface area is 153 Å². The second-order valence-electron chi connectivity index (χ2n) is 5.44. The molecule has 3 N–H and O–H groups in total. The molecule has 130 valence electrons. The van der Waals surface area contributed by atoms with Crippen molar-refractivity contribution in [3.8, 4) is 16.5 Å². The molecule has 0 bridgehead atoms. The molecule has 2 amide bonds. The van der Waals surface area contributed by atoms with Crippen LogP contribution < -0.4 is 15.4 Å². The molecule has 26 heavy (non-hydrogen) atoms. The number of methoxy groups -OCH3 is 1. The highest BCUT2D eigenvalue weighted by molar-refractivity contribution is 7.13. The summed E-state index contributed by atoms with van der Waals surface area (Å²) in [6.07, 6.45) is 3.26. The summed E-state index contributed by atoms with van der Waals surface area (Å²) in [5.74, 6) is 0.757. The Morgan fingerprint density at radius 1 is 1.12 bits per heavy atom. The number of amides is 2. The maximum atomic E-state index is 12.5. The van der Waals surface area contributed by atoms with Crippen molar-refractivity contribution in [2.24, 2.45) is 0 Å². The molecule has 4 rings (SSSR count). The van der Waals surface area contributed by atoms with Gasteiger partial charge in [-0.3, -0.25) is 5.10 Å². The number of benzene rings is 2. The molecule has 0 saturated heterocycles. The van der Waals surface area contributed by atoms with E-state index in [1.54, 1.807) is 19.5 Å². The average molecular weight is 365 g/mol. The van der Waals surface area contributed by atoms with E-state index in [1.165, 1.54) is 11.3 Å². The van der Waals surface area contributed by atoms with E-state index in [2.05, 4.69) is 25.8 Å². The number of rotatable bonds is 4. The fraction of sp³-hybridized carbons (Fsp3) is 0.0556. The number of hydrogen-bond donors (Lipinski definition) is 3. The Bertz CT molecular complexity index is 1060. The fourth-order valence-electron chi connectivity index (χ4n) is 2.73. The third-order valence-corrected chi connectivity index (χ3v) is 4.68. The van der Waals surface area contributed by atoms with E-state index < -0.39 is 0 Å². The molecule has 0 saturated carbocycles. The van der Waals surface area contributed by atoms with Crippen molar-refractivity contribution in [1.29, 1.82) is 0 Å². The zero-order valence-corrected chi connectivity index (χ0v) is 14.6. The number of fused-ring (bicyclic) bond motifs is 1. The standard InChI is InChI=1S/C18H15N5O2S/c1-25-15-7-6-13(11-4-2-3-5-12(11)15)21-18(24)22-14-10-20-23-16(14)17-19-8-9-26-17/h2-10H,1H3,(H,20,23)(H2,21,22,24). The number of hydrogen-bond acceptors (Lipinski definition) is 5. The topological polar surface area (TPSA) is 91.9 Å². The van der Waals surface area contributed by atoms with Crippen molar-refractivity contribution in [2.45, 2.75) is 0 Å². The second kappa shape index (κ2) is 6.85. The smallest absolute Gasteiger partial charge is 0.323 e. The second-order valence-corrected chi connectivity index (χ2v) is 6.33. The molecule has 8 heteroatoms. The lowest BCUT2D eigenvalue weighted by Gasteiger charge is -2.12. The number of anilines is 2. The first-order chi connectivity index (χ1) is 12.8. The van der Waals surface area contributed by atoms with Crippen molar-refractivity contribution < 1.29 is 9.53 Å². The summed E-state index contributed by atoms with van der Waals surface area (Å²) < 4.78 is 5.38. The van der Waals surface area contributed by atoms with Crippen molar-refractivity contribution in [1.82, 2.24) is 15.2 Å². The van der Waals surface area contributed by atoms with Crippen molar-refractivity contribution >= 4 is 39.5 Å². The zero-order valence-electron chi connectivity index (χ0n) is 13.8. The minimum Gasteiger partial charge on any atom is -0.496 e. The summed E-state index contributed by atoms with van der Waals surface area (Å²) in [5, 5.41) is 17.0. The maximum Gasteiger partial charge on any atom is 0.323 e. The Morgan fingerprint density at radius 3 is 2.69 bits per heavy atom. The number of urea groups is 1. The van der Waals surface area contributed by atoms with E-state index in [1.807, 2.05) is 41.8 Å². The molecular weight excluding hydrogens is 350 g/mol. The van der Waals surface area contributed by atoms with Gasteiger partial charge in [0.2, 0.25) is 0 Å². The Hall–Kier alpha value is -3.39. The van der Waals surface area contributed by atoms with Crippen molar-refractivity contribution in [3.05, 3.63) is 54.2 Å². The number of ether oxygens (including phenoxy) is 1. The predicted octanol–water partition coefficient (Wildman–Crippen LogP) is 4.34. The van der Waals surface area contributed by atoms with Crippen LogP contribution in [0.15, 0.2) is 54.2 Å². The van der Waals surface area contributed by atoms with Gasteiger partial charge in [0.05, 0.1) is 24.7 Å². The minimum atomic E-state index is -0.362. The number of H-pyrrole nitrogens is 1. The van der Waals surface area contributed by atoms with Crippen LogP contribution in [0.25, 0.3) is 21.5 Å². The fourth-order valence-corrected chi connectivity index (χ4v) is 3.37. The van der Waals surface area contributed by atoms with Crippen LogP contribution >= 0.6 is 11.3 Å². The summed E-state index contributed by atoms with van der Waals surface area (Å²) in [5.41, 5.74) is 1.93. The number of nitrogens with zero attached hydrogens (tertiary/aromatic N) is 2. The number of carbonyl (C=O) groups excluding carboxylic acids is 1. The number of carbonyl (C=O) groups is 1. The predicted molar refractivity (Wildman–Crippen MR) is 103 cm³/mol. The first-order valence-corrected chi connectivity index (χ1v) is 8.71. The molecule has 0 aliphatic heterocycles. The third kappa shape index (κ3) is 2.98. The van der Waals surface area contributed by atoms with Crippen LogP contribution in [-0.4, -0.2) is 28.3 Å². The molecule has 2 heterocycles. The lowest BCUT2D eigenvalue weighted by molar-refractivity contribution is 0.262. The first kappa shape index (κ1) is 16.1. The van der Waals surface area contributed by atoms with Gasteiger partial charge in [0, 0.05) is 22.3 Å². The van der Waals surface area contributed by atoms with Gasteiger partial charge in [-0.15, -0.1) is 11.3 Å². The summed E-state index contributed by atoms with van der Waals surface area (Å²) in [6.45, 7) is 0. The number of aromatic nitrogens is 3. The van der Waals surface area contributed by atoms with Gasteiger partial charge in [-0.25, -0.2) is 9.78 Å². The van der Waals surface area contributed by atoms with Crippen LogP contribution in [0.5, 0.6) is 5.75 Å². The highest BCUT2D eigenvalue weighted by Gasteiger charge is 2.14. The summed E-state index contributed by atoms with van der Waals surface area (Å²) >= 11 is 1.46. The number of aromatic amines is 1. The van der Waals surface area contributed by atoms with Crippen LogP contribution in [0, 0.1) is 0 Å². The largest absolute Gasteiger partial charge is 0.496 e. The molecule has 0 atom stereocenters. The van der Waals surface area contributed by atoms with Crippen LogP contribution in [-0.2, 0) is 0 Å². The third-order valence-electron chi connectivity index (χ3n) is 3.89. The Morgan fingerprint density at radius 2 is 1.92 bits per heavy atom. The van der Waals surface area contributed by atoms with Gasteiger partial charge < -0.3 is 15.4 Å². The average Bonchev–Trinajstić information content (AvgIpc) is 3.33. The normalized spacial score (nSPS) is 10.7. The highest BCUT2D eigenvalue weighted by atomic mass is 32.1. The first-order valence-electron chi connectivity index (χ1n) is 7.83. The van der Waals surface area contributed by atoms with E-state index >= 15 is 0 Å². The molecule has 0 fully saturated rings. The molecular formula is C18H15N5O2S. The van der Waals surface area contributed by atoms with Crippen molar-refractivity contribution in [3.63, 3.8) is 0 Å². The van der Waals surface area contributed by atoms with E-state index in [0.717, 1.165) is 21.5 Å². The molecule has 0 radical (unpaired) electrons. The maximum absolute atomic E-state index is 12.5. The van der Waals surface area contributed by atoms with E-state index in [-0.39, 0.29) is 6.03 Å². The molecule has 0 unspecified atom stereocenters. The molecule has 0 aliphatic rings. The molecule has 4 aromatic rings. The molecule has 0 aliphatic carbocycles. The quantitative estimate of drug-likeness (QED) is 0.502. The van der Waals surface area contributed by atoms with E-state index in [9.17, 15) is 4.79 Å². The number of nitrogens with one attached hydrogen (secondary N) is 3. The van der Waals surface area contributed by atoms with Crippen LogP contribution in [0.1, 0.15) is 0 Å². The van der Waals surface area contributed by atoms with Crippen molar-refractivity contribution in [2.75, 3.05) is 17.7 Å². The van der Waals surface area contributed by atoms with E-state index in [4.69, 9.17) is 4.74 Å². The molecule has 2 aromatic heterocycles.